The van der Waals surface area contributed by atoms with Gasteiger partial charge in [-0.15, -0.1) is 10.2 Å². The van der Waals surface area contributed by atoms with Crippen molar-refractivity contribution in [1.29, 1.82) is 0 Å². The van der Waals surface area contributed by atoms with Gasteiger partial charge in [-0.3, -0.25) is 4.79 Å². The normalized spacial score (nSPS) is 27.0. The molecule has 23 heavy (non-hydrogen) atoms. The van der Waals surface area contributed by atoms with Gasteiger partial charge in [0, 0.05) is 13.0 Å². The molecule has 120 valence electrons. The van der Waals surface area contributed by atoms with E-state index >= 15 is 0 Å². The van der Waals surface area contributed by atoms with Crippen LogP contribution in [0.3, 0.4) is 0 Å². The summed E-state index contributed by atoms with van der Waals surface area (Å²) < 4.78 is 8.03. The lowest BCUT2D eigenvalue weighted by atomic mass is 9.97. The number of pyridine rings is 1. The Morgan fingerprint density at radius 1 is 1.35 bits per heavy atom. The van der Waals surface area contributed by atoms with E-state index in [0.717, 1.165) is 12.8 Å². The van der Waals surface area contributed by atoms with Crippen molar-refractivity contribution in [3.63, 3.8) is 0 Å². The van der Waals surface area contributed by atoms with Gasteiger partial charge in [0.15, 0.2) is 0 Å². The van der Waals surface area contributed by atoms with E-state index in [4.69, 9.17) is 16.3 Å². The summed E-state index contributed by atoms with van der Waals surface area (Å²) >= 11 is 5.87. The Kier molecular flexibility index (Phi) is 3.54. The molecule has 0 aliphatic carbocycles. The average molecular weight is 334 g/mol. The zero-order chi connectivity index (χ0) is 15.9. The second-order valence-corrected chi connectivity index (χ2v) is 6.47. The second-order valence-electron chi connectivity index (χ2n) is 6.08. The van der Waals surface area contributed by atoms with Crippen molar-refractivity contribution in [2.24, 2.45) is 0 Å². The standard InChI is InChI=1S/C15H16ClN5O2/c16-13-3-1-2-12(19-13)14(22)20-5-4-15(8-20)6-11(7-23-15)21-9-17-18-10-21/h1-3,9-11H,4-8H2. The molecule has 1 spiro atoms. The first-order valence-electron chi connectivity index (χ1n) is 7.55. The van der Waals surface area contributed by atoms with Crippen LogP contribution < -0.4 is 0 Å². The van der Waals surface area contributed by atoms with Crippen LogP contribution in [0.25, 0.3) is 0 Å². The van der Waals surface area contributed by atoms with Crippen molar-refractivity contribution in [3.05, 3.63) is 41.7 Å². The second kappa shape index (κ2) is 5.58. The molecule has 4 rings (SSSR count). The molecule has 2 fully saturated rings. The molecule has 2 unspecified atom stereocenters. The van der Waals surface area contributed by atoms with Crippen molar-refractivity contribution < 1.29 is 9.53 Å². The van der Waals surface area contributed by atoms with Crippen molar-refractivity contribution in [2.75, 3.05) is 19.7 Å². The topological polar surface area (TPSA) is 73.1 Å². The first kappa shape index (κ1) is 14.6. The van der Waals surface area contributed by atoms with E-state index in [9.17, 15) is 4.79 Å². The molecule has 7 nitrogen and oxygen atoms in total. The smallest absolute Gasteiger partial charge is 0.272 e. The fourth-order valence-corrected chi connectivity index (χ4v) is 3.56. The lowest BCUT2D eigenvalue weighted by molar-refractivity contribution is 0.0117. The minimum absolute atomic E-state index is 0.0966. The minimum atomic E-state index is -0.275. The van der Waals surface area contributed by atoms with Crippen LogP contribution in [0.2, 0.25) is 5.15 Å². The van der Waals surface area contributed by atoms with Gasteiger partial charge in [-0.1, -0.05) is 17.7 Å². The van der Waals surface area contributed by atoms with Gasteiger partial charge >= 0.3 is 0 Å². The fourth-order valence-electron chi connectivity index (χ4n) is 3.40. The molecule has 2 aromatic rings. The van der Waals surface area contributed by atoms with E-state index in [0.29, 0.717) is 30.5 Å². The van der Waals surface area contributed by atoms with Crippen molar-refractivity contribution in [1.82, 2.24) is 24.6 Å². The van der Waals surface area contributed by atoms with Crippen LogP contribution in [0.15, 0.2) is 30.9 Å². The molecular weight excluding hydrogens is 318 g/mol. The molecule has 8 heteroatoms. The predicted molar refractivity (Wildman–Crippen MR) is 82.1 cm³/mol. The van der Waals surface area contributed by atoms with Crippen molar-refractivity contribution in [2.45, 2.75) is 24.5 Å². The van der Waals surface area contributed by atoms with Crippen molar-refractivity contribution in [3.8, 4) is 0 Å². The molecule has 0 radical (unpaired) electrons. The van der Waals surface area contributed by atoms with Crippen LogP contribution in [0.1, 0.15) is 29.4 Å². The van der Waals surface area contributed by atoms with Crippen LogP contribution in [0, 0.1) is 0 Å². The van der Waals surface area contributed by atoms with E-state index in [1.165, 1.54) is 0 Å². The number of amides is 1. The van der Waals surface area contributed by atoms with Crippen molar-refractivity contribution >= 4 is 17.5 Å². The number of halogens is 1. The number of carbonyl (C=O) groups excluding carboxylic acids is 1. The van der Waals surface area contributed by atoms with Gasteiger partial charge in [-0.2, -0.15) is 0 Å². The van der Waals surface area contributed by atoms with Gasteiger partial charge in [0.2, 0.25) is 0 Å². The maximum absolute atomic E-state index is 12.6. The van der Waals surface area contributed by atoms with E-state index < -0.39 is 0 Å². The number of ether oxygens (including phenoxy) is 1. The van der Waals surface area contributed by atoms with E-state index in [1.54, 1.807) is 35.8 Å². The van der Waals surface area contributed by atoms with E-state index in [2.05, 4.69) is 15.2 Å². The molecule has 0 bridgehead atoms. The number of aromatic nitrogens is 4. The van der Waals surface area contributed by atoms with Gasteiger partial charge in [-0.25, -0.2) is 4.98 Å². The summed E-state index contributed by atoms with van der Waals surface area (Å²) in [6.07, 6.45) is 5.11. The molecule has 4 heterocycles. The summed E-state index contributed by atoms with van der Waals surface area (Å²) in [5.41, 5.74) is 0.103. The highest BCUT2D eigenvalue weighted by molar-refractivity contribution is 6.29. The number of carbonyl (C=O) groups is 1. The minimum Gasteiger partial charge on any atom is -0.371 e. The average Bonchev–Trinajstić information content (AvgIpc) is 3.28. The Hall–Kier alpha value is -1.99. The molecule has 1 amide bonds. The zero-order valence-electron chi connectivity index (χ0n) is 12.4. The molecule has 0 N–H and O–H groups in total. The number of likely N-dealkylation sites (tertiary alicyclic amines) is 1. The third-order valence-corrected chi connectivity index (χ3v) is 4.80. The van der Waals surface area contributed by atoms with Gasteiger partial charge in [0.05, 0.1) is 24.8 Å². The third kappa shape index (κ3) is 2.70. The Morgan fingerprint density at radius 2 is 2.17 bits per heavy atom. The van der Waals surface area contributed by atoms with Crippen LogP contribution in [-0.2, 0) is 4.74 Å². The molecule has 0 saturated carbocycles. The highest BCUT2D eigenvalue weighted by atomic mass is 35.5. The first-order valence-corrected chi connectivity index (χ1v) is 7.93. The van der Waals surface area contributed by atoms with Gasteiger partial charge < -0.3 is 14.2 Å². The first-order chi connectivity index (χ1) is 11.2. The van der Waals surface area contributed by atoms with E-state index in [-0.39, 0.29) is 17.6 Å². The molecular formula is C15H16ClN5O2. The van der Waals surface area contributed by atoms with Gasteiger partial charge in [0.25, 0.3) is 5.91 Å². The molecule has 2 saturated heterocycles. The summed E-state index contributed by atoms with van der Waals surface area (Å²) in [5.74, 6) is -0.0966. The maximum atomic E-state index is 12.6. The molecule has 2 aromatic heterocycles. The highest BCUT2D eigenvalue weighted by Gasteiger charge is 2.47. The Balaban J connectivity index is 1.46. The predicted octanol–water partition coefficient (Wildman–Crippen LogP) is 1.57. The quantitative estimate of drug-likeness (QED) is 0.780. The summed E-state index contributed by atoms with van der Waals surface area (Å²) in [6, 6.07) is 5.31. The number of hydrogen-bond acceptors (Lipinski definition) is 5. The molecule has 0 aromatic carbocycles. The van der Waals surface area contributed by atoms with Crippen LogP contribution in [-0.4, -0.2) is 55.9 Å². The Bertz CT molecular complexity index is 722. The molecule has 2 aliphatic rings. The zero-order valence-corrected chi connectivity index (χ0v) is 13.2. The van der Waals surface area contributed by atoms with Crippen LogP contribution in [0.5, 0.6) is 0 Å². The Labute approximate surface area is 138 Å². The largest absolute Gasteiger partial charge is 0.371 e. The van der Waals surface area contributed by atoms with Crippen LogP contribution in [0.4, 0.5) is 0 Å². The summed E-state index contributed by atoms with van der Waals surface area (Å²) in [4.78, 5) is 18.5. The third-order valence-electron chi connectivity index (χ3n) is 4.59. The lowest BCUT2D eigenvalue weighted by Crippen LogP contribution is -2.36. The molecule has 2 atom stereocenters. The monoisotopic (exact) mass is 333 g/mol. The maximum Gasteiger partial charge on any atom is 0.272 e. The lowest BCUT2D eigenvalue weighted by Gasteiger charge is -2.23. The summed E-state index contributed by atoms with van der Waals surface area (Å²) in [5, 5.41) is 8.02. The Morgan fingerprint density at radius 3 is 2.96 bits per heavy atom. The number of rotatable bonds is 2. The fraction of sp³-hybridized carbons (Fsp3) is 0.467. The number of hydrogen-bond donors (Lipinski definition) is 0. The van der Waals surface area contributed by atoms with E-state index in [1.807, 2.05) is 4.57 Å². The van der Waals surface area contributed by atoms with Crippen LogP contribution >= 0.6 is 11.6 Å². The summed E-state index contributed by atoms with van der Waals surface area (Å²) in [7, 11) is 0. The van der Waals surface area contributed by atoms with Gasteiger partial charge in [-0.05, 0) is 18.6 Å². The SMILES string of the molecule is O=C(c1cccc(Cl)n1)N1CCC2(CC(n3cnnc3)CO2)C1. The summed E-state index contributed by atoms with van der Waals surface area (Å²) in [6.45, 7) is 1.87. The van der Waals surface area contributed by atoms with Gasteiger partial charge in [0.1, 0.15) is 23.5 Å². The molecule has 2 aliphatic heterocycles. The number of nitrogens with zero attached hydrogens (tertiary/aromatic N) is 5. The highest BCUT2D eigenvalue weighted by Crippen LogP contribution is 2.40.